The fourth-order valence-electron chi connectivity index (χ4n) is 1.55. The van der Waals surface area contributed by atoms with Crippen LogP contribution < -0.4 is 0 Å². The third-order valence-electron chi connectivity index (χ3n) is 2.58. The van der Waals surface area contributed by atoms with E-state index < -0.39 is 0 Å². The number of hydrogen-bond donors (Lipinski definition) is 0. The normalized spacial score (nSPS) is 10.3. The molecule has 0 bridgehead atoms. The Morgan fingerprint density at radius 1 is 1.27 bits per heavy atom. The van der Waals surface area contributed by atoms with Crippen molar-refractivity contribution in [2.75, 3.05) is 0 Å². The molecule has 0 spiro atoms. The van der Waals surface area contributed by atoms with Gasteiger partial charge in [0.2, 0.25) is 0 Å². The first-order valence-electron chi connectivity index (χ1n) is 4.79. The van der Waals surface area contributed by atoms with Crippen LogP contribution in [0.25, 0.3) is 5.69 Å². The molecule has 1 aromatic carbocycles. The van der Waals surface area contributed by atoms with E-state index in [2.05, 4.69) is 4.98 Å². The summed E-state index contributed by atoms with van der Waals surface area (Å²) in [6, 6.07) is 7.48. The average molecular weight is 200 g/mol. The highest BCUT2D eigenvalue weighted by Gasteiger charge is 2.07. The molecule has 0 amide bonds. The summed E-state index contributed by atoms with van der Waals surface area (Å²) < 4.78 is 1.93. The van der Waals surface area contributed by atoms with Gasteiger partial charge in [0.15, 0.2) is 6.29 Å². The lowest BCUT2D eigenvalue weighted by Crippen LogP contribution is -1.99. The molecule has 0 saturated carbocycles. The van der Waals surface area contributed by atoms with Crippen molar-refractivity contribution in [3.8, 4) is 5.69 Å². The fourth-order valence-corrected chi connectivity index (χ4v) is 1.55. The van der Waals surface area contributed by atoms with E-state index in [0.29, 0.717) is 5.56 Å². The molecule has 3 nitrogen and oxygen atoms in total. The molecule has 0 unspecified atom stereocenters. The number of aromatic nitrogens is 2. The molecule has 1 aromatic heterocycles. The molecule has 2 aromatic rings. The van der Waals surface area contributed by atoms with E-state index in [1.807, 2.05) is 36.6 Å². The second-order valence-corrected chi connectivity index (χ2v) is 3.46. The monoisotopic (exact) mass is 200 g/mol. The highest BCUT2D eigenvalue weighted by atomic mass is 16.1. The van der Waals surface area contributed by atoms with Crippen LogP contribution in [0.5, 0.6) is 0 Å². The zero-order chi connectivity index (χ0) is 10.8. The van der Waals surface area contributed by atoms with E-state index in [1.54, 1.807) is 12.4 Å². The van der Waals surface area contributed by atoms with E-state index in [-0.39, 0.29) is 0 Å². The van der Waals surface area contributed by atoms with Crippen molar-refractivity contribution in [2.45, 2.75) is 13.8 Å². The van der Waals surface area contributed by atoms with Crippen molar-refractivity contribution in [1.82, 2.24) is 9.55 Å². The summed E-state index contributed by atoms with van der Waals surface area (Å²) in [6.45, 7) is 3.94. The van der Waals surface area contributed by atoms with Crippen molar-refractivity contribution in [3.63, 3.8) is 0 Å². The Morgan fingerprint density at radius 3 is 2.60 bits per heavy atom. The Bertz CT molecular complexity index is 500. The van der Waals surface area contributed by atoms with Crippen LogP contribution in [0.3, 0.4) is 0 Å². The van der Waals surface area contributed by atoms with E-state index in [9.17, 15) is 4.79 Å². The van der Waals surface area contributed by atoms with Crippen LogP contribution in [-0.4, -0.2) is 15.8 Å². The molecule has 0 atom stereocenters. The third-order valence-corrected chi connectivity index (χ3v) is 2.58. The van der Waals surface area contributed by atoms with E-state index in [4.69, 9.17) is 0 Å². The van der Waals surface area contributed by atoms with Gasteiger partial charge in [-0.1, -0.05) is 12.1 Å². The third kappa shape index (κ3) is 1.56. The molecule has 2 rings (SSSR count). The number of aldehydes is 1. The summed E-state index contributed by atoms with van der Waals surface area (Å²) in [4.78, 5) is 15.1. The molecular weight excluding hydrogens is 188 g/mol. The number of aryl methyl sites for hydroxylation is 1. The van der Waals surface area contributed by atoms with Crippen molar-refractivity contribution >= 4 is 6.29 Å². The largest absolute Gasteiger partial charge is 0.303 e. The van der Waals surface area contributed by atoms with E-state index >= 15 is 0 Å². The topological polar surface area (TPSA) is 34.9 Å². The van der Waals surface area contributed by atoms with Crippen molar-refractivity contribution in [1.29, 1.82) is 0 Å². The van der Waals surface area contributed by atoms with Gasteiger partial charge in [0, 0.05) is 11.3 Å². The Morgan fingerprint density at radius 2 is 2.00 bits per heavy atom. The maximum absolute atomic E-state index is 10.9. The number of nitrogens with zero attached hydrogens (tertiary/aromatic N) is 2. The summed E-state index contributed by atoms with van der Waals surface area (Å²) in [5, 5.41) is 0. The van der Waals surface area contributed by atoms with Gasteiger partial charge >= 0.3 is 0 Å². The number of hydrogen-bond acceptors (Lipinski definition) is 2. The molecule has 0 aliphatic rings. The lowest BCUT2D eigenvalue weighted by atomic mass is 10.2. The second-order valence-electron chi connectivity index (χ2n) is 3.46. The first-order valence-corrected chi connectivity index (χ1v) is 4.79. The minimum Gasteiger partial charge on any atom is -0.303 e. The summed E-state index contributed by atoms with van der Waals surface area (Å²) in [6.07, 6.45) is 2.61. The molecule has 0 aliphatic carbocycles. The van der Waals surface area contributed by atoms with Crippen LogP contribution in [0, 0.1) is 13.8 Å². The zero-order valence-electron chi connectivity index (χ0n) is 8.77. The SMILES string of the molecule is Cc1ncn(-c2ccccc2C=O)c1C. The van der Waals surface area contributed by atoms with Crippen molar-refractivity contribution in [2.24, 2.45) is 0 Å². The Balaban J connectivity index is 2.63. The Kier molecular flexibility index (Phi) is 2.37. The number of carbonyl (C=O) groups is 1. The van der Waals surface area contributed by atoms with Gasteiger partial charge in [-0.2, -0.15) is 0 Å². The second kappa shape index (κ2) is 3.69. The summed E-state index contributed by atoms with van der Waals surface area (Å²) in [5.41, 5.74) is 3.60. The maximum atomic E-state index is 10.9. The Hall–Kier alpha value is -1.90. The van der Waals surface area contributed by atoms with Gasteiger partial charge in [0.05, 0.1) is 17.7 Å². The van der Waals surface area contributed by atoms with E-state index in [1.165, 1.54) is 0 Å². The molecule has 0 saturated heterocycles. The fraction of sp³-hybridized carbons (Fsp3) is 0.167. The van der Waals surface area contributed by atoms with Crippen LogP contribution in [0.4, 0.5) is 0 Å². The minimum absolute atomic E-state index is 0.679. The quantitative estimate of drug-likeness (QED) is 0.697. The summed E-state index contributed by atoms with van der Waals surface area (Å²) in [5.74, 6) is 0. The lowest BCUT2D eigenvalue weighted by molar-refractivity contribution is 0.112. The number of benzene rings is 1. The van der Waals surface area contributed by atoms with Gasteiger partial charge in [0.1, 0.15) is 0 Å². The van der Waals surface area contributed by atoms with Gasteiger partial charge in [-0.3, -0.25) is 4.79 Å². The predicted octanol–water partition coefficient (Wildman–Crippen LogP) is 2.30. The highest BCUT2D eigenvalue weighted by molar-refractivity contribution is 5.80. The summed E-state index contributed by atoms with van der Waals surface area (Å²) >= 11 is 0. The molecule has 0 N–H and O–H groups in total. The van der Waals surface area contributed by atoms with Gasteiger partial charge < -0.3 is 4.57 Å². The first-order chi connectivity index (χ1) is 7.24. The predicted molar refractivity (Wildman–Crippen MR) is 58.4 cm³/mol. The van der Waals surface area contributed by atoms with Crippen LogP contribution in [0.15, 0.2) is 30.6 Å². The molecule has 1 heterocycles. The van der Waals surface area contributed by atoms with Gasteiger partial charge in [0.25, 0.3) is 0 Å². The standard InChI is InChI=1S/C12H12N2O/c1-9-10(2)14(8-13-9)12-6-4-3-5-11(12)7-15/h3-8H,1-2H3. The number of imidazole rings is 1. The molecule has 0 aliphatic heterocycles. The van der Waals surface area contributed by atoms with Crippen LogP contribution in [-0.2, 0) is 0 Å². The maximum Gasteiger partial charge on any atom is 0.152 e. The first kappa shape index (κ1) is 9.65. The minimum atomic E-state index is 0.679. The number of para-hydroxylation sites is 1. The lowest BCUT2D eigenvalue weighted by Gasteiger charge is -2.07. The van der Waals surface area contributed by atoms with Crippen molar-refractivity contribution < 1.29 is 4.79 Å². The molecule has 0 radical (unpaired) electrons. The zero-order valence-corrected chi connectivity index (χ0v) is 8.77. The van der Waals surface area contributed by atoms with Crippen LogP contribution >= 0.6 is 0 Å². The van der Waals surface area contributed by atoms with E-state index in [0.717, 1.165) is 23.4 Å². The summed E-state index contributed by atoms with van der Waals surface area (Å²) in [7, 11) is 0. The van der Waals surface area contributed by atoms with Gasteiger partial charge in [-0.15, -0.1) is 0 Å². The van der Waals surface area contributed by atoms with Crippen LogP contribution in [0.2, 0.25) is 0 Å². The smallest absolute Gasteiger partial charge is 0.152 e. The van der Waals surface area contributed by atoms with Gasteiger partial charge in [-0.05, 0) is 26.0 Å². The molecule has 3 heteroatoms. The highest BCUT2D eigenvalue weighted by Crippen LogP contribution is 2.16. The molecule has 0 fully saturated rings. The van der Waals surface area contributed by atoms with Crippen LogP contribution in [0.1, 0.15) is 21.7 Å². The molecule has 15 heavy (non-hydrogen) atoms. The van der Waals surface area contributed by atoms with Gasteiger partial charge in [-0.25, -0.2) is 4.98 Å². The van der Waals surface area contributed by atoms with Crippen molar-refractivity contribution in [3.05, 3.63) is 47.5 Å². The molecular formula is C12H12N2O. The average Bonchev–Trinajstić information content (AvgIpc) is 2.60. The molecule has 76 valence electrons. The number of carbonyl (C=O) groups excluding carboxylic acids is 1. The Labute approximate surface area is 88.4 Å². The number of rotatable bonds is 2.